The highest BCUT2D eigenvalue weighted by Gasteiger charge is 2.08. The van der Waals surface area contributed by atoms with Crippen molar-refractivity contribution in [3.63, 3.8) is 0 Å². The summed E-state index contributed by atoms with van der Waals surface area (Å²) in [5, 5.41) is 3.30. The van der Waals surface area contributed by atoms with Crippen molar-refractivity contribution >= 4 is 16.8 Å². The number of benzene rings is 2. The van der Waals surface area contributed by atoms with E-state index in [4.69, 9.17) is 0 Å². The van der Waals surface area contributed by atoms with Gasteiger partial charge in [-0.25, -0.2) is 15.0 Å². The maximum Gasteiger partial charge on any atom is 0.261 e. The molecule has 4 aromatic rings. The Balaban J connectivity index is 1.36. The monoisotopic (exact) mass is 385 g/mol. The Kier molecular flexibility index (Phi) is 5.38. The van der Waals surface area contributed by atoms with Gasteiger partial charge in [-0.1, -0.05) is 42.5 Å². The Morgan fingerprint density at radius 1 is 0.966 bits per heavy atom. The smallest absolute Gasteiger partial charge is 0.261 e. The minimum absolute atomic E-state index is 0.0818. The first-order valence-corrected chi connectivity index (χ1v) is 9.29. The average molecular weight is 385 g/mol. The van der Waals surface area contributed by atoms with E-state index in [0.717, 1.165) is 11.3 Å². The molecule has 0 bridgehead atoms. The number of hydrogen-bond acceptors (Lipinski definition) is 5. The van der Waals surface area contributed by atoms with Crippen molar-refractivity contribution in [2.45, 2.75) is 13.0 Å². The van der Waals surface area contributed by atoms with Crippen LogP contribution in [0.3, 0.4) is 0 Å². The lowest BCUT2D eigenvalue weighted by molar-refractivity contribution is -0.121. The van der Waals surface area contributed by atoms with E-state index < -0.39 is 0 Å². The first-order valence-electron chi connectivity index (χ1n) is 9.29. The maximum atomic E-state index is 12.5. The lowest BCUT2D eigenvalue weighted by Gasteiger charge is -2.08. The lowest BCUT2D eigenvalue weighted by Crippen LogP contribution is -2.33. The van der Waals surface area contributed by atoms with Gasteiger partial charge >= 0.3 is 0 Å². The summed E-state index contributed by atoms with van der Waals surface area (Å²) in [5.41, 5.74) is 2.24. The first kappa shape index (κ1) is 18.5. The lowest BCUT2D eigenvalue weighted by atomic mass is 10.1. The first-order chi connectivity index (χ1) is 14.2. The van der Waals surface area contributed by atoms with Crippen LogP contribution in [0.4, 0.5) is 0 Å². The van der Waals surface area contributed by atoms with Crippen molar-refractivity contribution in [1.29, 1.82) is 0 Å². The van der Waals surface area contributed by atoms with Crippen LogP contribution in [0.2, 0.25) is 0 Å². The van der Waals surface area contributed by atoms with Crippen molar-refractivity contribution < 1.29 is 4.79 Å². The van der Waals surface area contributed by atoms with Crippen molar-refractivity contribution in [2.24, 2.45) is 0 Å². The molecule has 2 heterocycles. The van der Waals surface area contributed by atoms with Gasteiger partial charge < -0.3 is 5.32 Å². The normalized spacial score (nSPS) is 10.8. The summed E-state index contributed by atoms with van der Waals surface area (Å²) in [7, 11) is 0. The van der Waals surface area contributed by atoms with E-state index in [2.05, 4.69) is 20.3 Å². The highest BCUT2D eigenvalue weighted by molar-refractivity contribution is 5.78. The third-order valence-electron chi connectivity index (χ3n) is 4.49. The molecule has 0 atom stereocenters. The minimum Gasteiger partial charge on any atom is -0.354 e. The molecule has 1 N–H and O–H groups in total. The van der Waals surface area contributed by atoms with E-state index in [9.17, 15) is 9.59 Å². The number of nitrogens with one attached hydrogen (secondary N) is 1. The molecule has 0 saturated carbocycles. The summed E-state index contributed by atoms with van der Waals surface area (Å²) in [6, 6.07) is 18.8. The van der Waals surface area contributed by atoms with E-state index in [-0.39, 0.29) is 18.0 Å². The standard InChI is InChI=1S/C22H19N5O2/c28-21(14-27-15-25-19-9-5-4-8-17(19)22(27)29)24-13-11-20-23-12-10-18(26-20)16-6-2-1-3-7-16/h1-10,12,15H,11,13-14H2,(H,24,28). The Morgan fingerprint density at radius 3 is 2.62 bits per heavy atom. The quantitative estimate of drug-likeness (QED) is 0.550. The molecule has 7 heteroatoms. The molecule has 2 aromatic heterocycles. The Labute approximate surface area is 167 Å². The van der Waals surface area contributed by atoms with Gasteiger partial charge in [0, 0.05) is 24.7 Å². The van der Waals surface area contributed by atoms with Crippen LogP contribution >= 0.6 is 0 Å². The molecular weight excluding hydrogens is 366 g/mol. The van der Waals surface area contributed by atoms with Gasteiger partial charge in [-0.05, 0) is 18.2 Å². The average Bonchev–Trinajstić information content (AvgIpc) is 2.77. The zero-order valence-corrected chi connectivity index (χ0v) is 15.7. The molecule has 0 aliphatic heterocycles. The molecule has 2 aromatic carbocycles. The van der Waals surface area contributed by atoms with Gasteiger partial charge in [0.2, 0.25) is 5.91 Å². The van der Waals surface area contributed by atoms with E-state index in [1.807, 2.05) is 42.5 Å². The molecule has 29 heavy (non-hydrogen) atoms. The Morgan fingerprint density at radius 2 is 1.76 bits per heavy atom. The molecule has 144 valence electrons. The molecule has 1 amide bonds. The van der Waals surface area contributed by atoms with Crippen LogP contribution in [0.5, 0.6) is 0 Å². The van der Waals surface area contributed by atoms with Gasteiger partial charge in [0.25, 0.3) is 5.56 Å². The van der Waals surface area contributed by atoms with Crippen LogP contribution in [0, 0.1) is 0 Å². The molecule has 0 saturated heterocycles. The SMILES string of the molecule is O=C(Cn1cnc2ccccc2c1=O)NCCc1nccc(-c2ccccc2)n1. The second-order valence-electron chi connectivity index (χ2n) is 6.52. The third-order valence-corrected chi connectivity index (χ3v) is 4.49. The van der Waals surface area contributed by atoms with Gasteiger partial charge in [-0.15, -0.1) is 0 Å². The Bertz CT molecular complexity index is 1200. The van der Waals surface area contributed by atoms with Crippen LogP contribution in [0.1, 0.15) is 5.82 Å². The van der Waals surface area contributed by atoms with E-state index in [1.54, 1.807) is 24.4 Å². The van der Waals surface area contributed by atoms with Crippen LogP contribution in [0.25, 0.3) is 22.2 Å². The zero-order chi connectivity index (χ0) is 20.1. The summed E-state index contributed by atoms with van der Waals surface area (Å²) in [6.45, 7) is 0.300. The summed E-state index contributed by atoms with van der Waals surface area (Å²) in [5.74, 6) is 0.389. The summed E-state index contributed by atoms with van der Waals surface area (Å²) >= 11 is 0. The fourth-order valence-corrected chi connectivity index (χ4v) is 3.03. The van der Waals surface area contributed by atoms with Gasteiger partial charge in [0.15, 0.2) is 0 Å². The number of carbonyl (C=O) groups excluding carboxylic acids is 1. The number of para-hydroxylation sites is 1. The second-order valence-corrected chi connectivity index (χ2v) is 6.52. The molecule has 0 aliphatic carbocycles. The van der Waals surface area contributed by atoms with Gasteiger partial charge in [-0.2, -0.15) is 0 Å². The van der Waals surface area contributed by atoms with E-state index >= 15 is 0 Å². The van der Waals surface area contributed by atoms with Gasteiger partial charge in [0.05, 0.1) is 22.9 Å². The largest absolute Gasteiger partial charge is 0.354 e. The minimum atomic E-state index is -0.261. The van der Waals surface area contributed by atoms with Crippen LogP contribution in [-0.2, 0) is 17.8 Å². The fourth-order valence-electron chi connectivity index (χ4n) is 3.03. The number of hydrogen-bond donors (Lipinski definition) is 1. The van der Waals surface area contributed by atoms with Crippen LogP contribution in [0.15, 0.2) is 78.0 Å². The van der Waals surface area contributed by atoms with Crippen molar-refractivity contribution in [3.05, 3.63) is 89.4 Å². The number of amides is 1. The summed E-state index contributed by atoms with van der Waals surface area (Å²) in [4.78, 5) is 37.7. The number of rotatable bonds is 6. The zero-order valence-electron chi connectivity index (χ0n) is 15.7. The van der Waals surface area contributed by atoms with Crippen LogP contribution < -0.4 is 10.9 Å². The van der Waals surface area contributed by atoms with Crippen molar-refractivity contribution in [2.75, 3.05) is 6.54 Å². The van der Waals surface area contributed by atoms with Crippen molar-refractivity contribution in [1.82, 2.24) is 24.8 Å². The number of fused-ring (bicyclic) bond motifs is 1. The highest BCUT2D eigenvalue weighted by Crippen LogP contribution is 2.15. The summed E-state index contributed by atoms with van der Waals surface area (Å²) < 4.78 is 1.31. The molecular formula is C22H19N5O2. The van der Waals surface area contributed by atoms with Crippen molar-refractivity contribution in [3.8, 4) is 11.3 Å². The third kappa shape index (κ3) is 4.35. The number of aromatic nitrogens is 4. The predicted octanol–water partition coefficient (Wildman–Crippen LogP) is 2.21. The maximum absolute atomic E-state index is 12.5. The van der Waals surface area contributed by atoms with Crippen LogP contribution in [-0.4, -0.2) is 32.0 Å². The predicted molar refractivity (Wildman–Crippen MR) is 110 cm³/mol. The Hall–Kier alpha value is -3.87. The van der Waals surface area contributed by atoms with Gasteiger partial charge in [-0.3, -0.25) is 14.2 Å². The molecule has 7 nitrogen and oxygen atoms in total. The second kappa shape index (κ2) is 8.43. The fraction of sp³-hybridized carbons (Fsp3) is 0.136. The number of carbonyl (C=O) groups is 1. The molecule has 0 unspecified atom stereocenters. The molecule has 0 aliphatic rings. The molecule has 0 fully saturated rings. The van der Waals surface area contributed by atoms with E-state index in [0.29, 0.717) is 29.7 Å². The molecule has 4 rings (SSSR count). The summed E-state index contributed by atoms with van der Waals surface area (Å²) in [6.07, 6.45) is 3.61. The molecule has 0 radical (unpaired) electrons. The topological polar surface area (TPSA) is 89.8 Å². The molecule has 0 spiro atoms. The van der Waals surface area contributed by atoms with Gasteiger partial charge in [0.1, 0.15) is 12.4 Å². The van der Waals surface area contributed by atoms with E-state index in [1.165, 1.54) is 10.9 Å². The highest BCUT2D eigenvalue weighted by atomic mass is 16.2. The number of nitrogens with zero attached hydrogens (tertiary/aromatic N) is 4.